The molecule has 3 aromatic heterocycles. The molecule has 4 aromatic rings. The van der Waals surface area contributed by atoms with Crippen LogP contribution in [0.3, 0.4) is 0 Å². The molecule has 0 bridgehead atoms. The first-order valence-corrected chi connectivity index (χ1v) is 10.8. The lowest BCUT2D eigenvalue weighted by Gasteiger charge is -2.11. The molecular formula is C22H24N8O3. The smallest absolute Gasteiger partial charge is 0.326 e. The van der Waals surface area contributed by atoms with Gasteiger partial charge in [-0.25, -0.2) is 9.79 Å². The lowest BCUT2D eigenvalue weighted by Crippen LogP contribution is -2.24. The number of hydrogen-bond acceptors (Lipinski definition) is 8. The minimum absolute atomic E-state index is 0.0940. The Kier molecular flexibility index (Phi) is 5.29. The van der Waals surface area contributed by atoms with E-state index in [9.17, 15) is 9.90 Å². The third-order valence-corrected chi connectivity index (χ3v) is 4.98. The Morgan fingerprint density at radius 2 is 2.18 bits per heavy atom. The summed E-state index contributed by atoms with van der Waals surface area (Å²) in [6.07, 6.45) is 5.33. The summed E-state index contributed by atoms with van der Waals surface area (Å²) in [5, 5.41) is 18.1. The van der Waals surface area contributed by atoms with E-state index < -0.39 is 5.69 Å². The highest BCUT2D eigenvalue weighted by atomic mass is 16.5. The Hall–Kier alpha value is -4.15. The minimum atomic E-state index is -0.500. The van der Waals surface area contributed by atoms with E-state index in [0.29, 0.717) is 29.0 Å². The van der Waals surface area contributed by atoms with Crippen molar-refractivity contribution in [3.8, 4) is 11.6 Å². The molecule has 1 aliphatic carbocycles. The Morgan fingerprint density at radius 3 is 2.91 bits per heavy atom. The first-order chi connectivity index (χ1) is 15.9. The molecule has 0 saturated heterocycles. The molecule has 170 valence electrons. The van der Waals surface area contributed by atoms with Gasteiger partial charge in [0.05, 0.1) is 18.3 Å². The van der Waals surface area contributed by atoms with Gasteiger partial charge in [-0.05, 0) is 50.5 Å². The van der Waals surface area contributed by atoms with E-state index >= 15 is 0 Å². The number of imidazole rings is 1. The standard InChI is InChI=1S/C22H24N8O3/c1-12(2)33-16-5-3-4-13(8-16)10-23-20-27-18-14(9-17-19(31)28-22(32)26-17)11-24-30(18)21(29-20)25-15-6-7-15/h3-5,8-9,11-12,15,31H,6-7,10H2,1-2H3,(H,23,25,29)(H2,26,28,32). The number of H-pyrrole nitrogens is 2. The van der Waals surface area contributed by atoms with E-state index in [1.165, 1.54) is 0 Å². The molecule has 3 heterocycles. The van der Waals surface area contributed by atoms with Crippen LogP contribution in [0.25, 0.3) is 11.7 Å². The van der Waals surface area contributed by atoms with Crippen molar-refractivity contribution in [3.05, 3.63) is 63.0 Å². The molecule has 0 unspecified atom stereocenters. The number of hydrogen-bond donors (Lipinski definition) is 4. The van der Waals surface area contributed by atoms with Crippen LogP contribution in [-0.2, 0) is 6.54 Å². The van der Waals surface area contributed by atoms with Crippen LogP contribution >= 0.6 is 0 Å². The number of anilines is 1. The average Bonchev–Trinajstić information content (AvgIpc) is 3.40. The summed E-state index contributed by atoms with van der Waals surface area (Å²) in [5.74, 6) is 0.954. The quantitative estimate of drug-likeness (QED) is 0.328. The van der Waals surface area contributed by atoms with Gasteiger partial charge in [-0.2, -0.15) is 19.6 Å². The Morgan fingerprint density at radius 1 is 1.33 bits per heavy atom. The number of fused-ring (bicyclic) bond motifs is 1. The predicted molar refractivity (Wildman–Crippen MR) is 121 cm³/mol. The molecule has 1 saturated carbocycles. The maximum atomic E-state index is 11.5. The van der Waals surface area contributed by atoms with Crippen molar-refractivity contribution in [1.82, 2.24) is 29.5 Å². The summed E-state index contributed by atoms with van der Waals surface area (Å²) in [4.78, 5) is 30.1. The zero-order valence-corrected chi connectivity index (χ0v) is 18.2. The molecular weight excluding hydrogens is 424 g/mol. The van der Waals surface area contributed by atoms with E-state index in [0.717, 1.165) is 24.2 Å². The second-order valence-corrected chi connectivity index (χ2v) is 8.20. The fourth-order valence-corrected chi connectivity index (χ4v) is 3.34. The highest BCUT2D eigenvalue weighted by Crippen LogP contribution is 2.22. The number of rotatable bonds is 7. The van der Waals surface area contributed by atoms with Crippen LogP contribution in [0, 0.1) is 0 Å². The second kappa shape index (κ2) is 8.41. The fourth-order valence-electron chi connectivity index (χ4n) is 3.34. The van der Waals surface area contributed by atoms with E-state index in [4.69, 9.17) is 4.74 Å². The largest absolute Gasteiger partial charge is 0.493 e. The highest BCUT2D eigenvalue weighted by Gasteiger charge is 2.21. The van der Waals surface area contributed by atoms with Gasteiger partial charge in [0.2, 0.25) is 11.8 Å². The first kappa shape index (κ1) is 20.7. The van der Waals surface area contributed by atoms with Crippen LogP contribution in [0.1, 0.15) is 37.9 Å². The van der Waals surface area contributed by atoms with Crippen molar-refractivity contribution in [1.29, 1.82) is 0 Å². The summed E-state index contributed by atoms with van der Waals surface area (Å²) in [7, 11) is 0. The third-order valence-electron chi connectivity index (χ3n) is 4.98. The number of aromatic amines is 2. The molecule has 4 N–H and O–H groups in total. The van der Waals surface area contributed by atoms with Crippen molar-refractivity contribution in [2.75, 3.05) is 5.32 Å². The number of nitrogens with zero attached hydrogens (tertiary/aromatic N) is 5. The van der Waals surface area contributed by atoms with E-state index in [2.05, 4.69) is 35.3 Å². The molecule has 0 atom stereocenters. The Bertz CT molecular complexity index is 1480. The Balaban J connectivity index is 1.51. The summed E-state index contributed by atoms with van der Waals surface area (Å²) in [5.41, 5.74) is 1.72. The van der Waals surface area contributed by atoms with Crippen molar-refractivity contribution in [3.63, 3.8) is 0 Å². The van der Waals surface area contributed by atoms with Gasteiger partial charge >= 0.3 is 5.69 Å². The summed E-state index contributed by atoms with van der Waals surface area (Å²) >= 11 is 0. The van der Waals surface area contributed by atoms with Gasteiger partial charge in [-0.3, -0.25) is 4.98 Å². The molecule has 1 fully saturated rings. The lowest BCUT2D eigenvalue weighted by molar-refractivity contribution is 0.242. The number of aromatic hydroxyl groups is 1. The molecule has 11 heteroatoms. The highest BCUT2D eigenvalue weighted by molar-refractivity contribution is 5.57. The van der Waals surface area contributed by atoms with Crippen LogP contribution in [0.2, 0.25) is 0 Å². The zero-order chi connectivity index (χ0) is 22.9. The zero-order valence-electron chi connectivity index (χ0n) is 18.2. The number of ether oxygens (including phenoxy) is 1. The van der Waals surface area contributed by atoms with Gasteiger partial charge in [-0.1, -0.05) is 12.1 Å². The van der Waals surface area contributed by atoms with Crippen molar-refractivity contribution < 1.29 is 9.84 Å². The molecule has 1 aliphatic rings. The Labute approximate surface area is 187 Å². The number of benzene rings is 1. The topological polar surface area (TPSA) is 146 Å². The first-order valence-electron chi connectivity index (χ1n) is 10.8. The van der Waals surface area contributed by atoms with Crippen molar-refractivity contribution >= 4 is 17.7 Å². The van der Waals surface area contributed by atoms with Crippen molar-refractivity contribution in [2.45, 2.75) is 45.4 Å². The monoisotopic (exact) mass is 448 g/mol. The molecule has 0 spiro atoms. The van der Waals surface area contributed by atoms with Gasteiger partial charge in [0.15, 0.2) is 5.65 Å². The van der Waals surface area contributed by atoms with Crippen LogP contribution in [0.15, 0.2) is 40.2 Å². The van der Waals surface area contributed by atoms with Crippen molar-refractivity contribution in [2.24, 2.45) is 4.99 Å². The van der Waals surface area contributed by atoms with E-state index in [1.807, 2.05) is 38.1 Å². The molecule has 0 amide bonds. The normalized spacial score (nSPS) is 15.0. The maximum Gasteiger partial charge on any atom is 0.326 e. The average molecular weight is 448 g/mol. The lowest BCUT2D eigenvalue weighted by atomic mass is 10.2. The van der Waals surface area contributed by atoms with Crippen LogP contribution in [0.5, 0.6) is 11.6 Å². The van der Waals surface area contributed by atoms with E-state index in [-0.39, 0.29) is 23.7 Å². The predicted octanol–water partition coefficient (Wildman–Crippen LogP) is 0.856. The van der Waals surface area contributed by atoms with Crippen LogP contribution < -0.4 is 26.6 Å². The van der Waals surface area contributed by atoms with Crippen LogP contribution in [0.4, 0.5) is 5.95 Å². The van der Waals surface area contributed by atoms with E-state index in [1.54, 1.807) is 16.8 Å². The molecule has 5 rings (SSSR count). The molecule has 0 aliphatic heterocycles. The molecule has 1 aromatic carbocycles. The summed E-state index contributed by atoms with van der Waals surface area (Å²) < 4.78 is 7.33. The maximum absolute atomic E-state index is 11.5. The SMILES string of the molecule is CC(C)Oc1cccc(CNc2nc(=NC3CC3)n3ncc(=Cc4[nH]c(=O)[nH]c4O)c3n2)c1. The van der Waals surface area contributed by atoms with Crippen LogP contribution in [-0.4, -0.2) is 46.8 Å². The summed E-state index contributed by atoms with van der Waals surface area (Å²) in [6.45, 7) is 4.47. The molecule has 33 heavy (non-hydrogen) atoms. The van der Waals surface area contributed by atoms with Gasteiger partial charge in [-0.15, -0.1) is 0 Å². The van der Waals surface area contributed by atoms with Gasteiger partial charge in [0.25, 0.3) is 5.62 Å². The second-order valence-electron chi connectivity index (χ2n) is 8.20. The third kappa shape index (κ3) is 4.71. The fraction of sp³-hybridized carbons (Fsp3) is 0.318. The van der Waals surface area contributed by atoms with Gasteiger partial charge in [0.1, 0.15) is 11.4 Å². The number of nitrogens with one attached hydrogen (secondary N) is 3. The minimum Gasteiger partial charge on any atom is -0.493 e. The number of aromatic nitrogens is 6. The van der Waals surface area contributed by atoms with Gasteiger partial charge in [0, 0.05) is 11.8 Å². The molecule has 0 radical (unpaired) electrons. The molecule has 11 nitrogen and oxygen atoms in total. The summed E-state index contributed by atoms with van der Waals surface area (Å²) in [6, 6.07) is 8.08. The van der Waals surface area contributed by atoms with Gasteiger partial charge < -0.3 is 20.1 Å².